The molecule has 0 aliphatic carbocycles. The van der Waals surface area contributed by atoms with Crippen LogP contribution in [0, 0.1) is 29.1 Å². The van der Waals surface area contributed by atoms with E-state index >= 15 is 17.6 Å². The number of unbranched alkanes of at least 4 members (excludes halogenated alkanes) is 2. The van der Waals surface area contributed by atoms with Crippen molar-refractivity contribution in [1.82, 2.24) is 0 Å². The molecular weight excluding hydrogens is 666 g/mol. The van der Waals surface area contributed by atoms with E-state index < -0.39 is 69.7 Å². The molecule has 0 saturated carbocycles. The molecule has 49 heavy (non-hydrogen) atoms. The van der Waals surface area contributed by atoms with Gasteiger partial charge in [0, 0.05) is 11.6 Å². The van der Waals surface area contributed by atoms with Crippen LogP contribution in [-0.2, 0) is 12.5 Å². The minimum absolute atomic E-state index is 0.0334. The number of alkyl halides is 5. The third kappa shape index (κ3) is 8.36. The molecule has 5 rings (SSSR count). The van der Waals surface area contributed by atoms with Crippen LogP contribution < -0.4 is 9.47 Å². The standard InChI is InChI=1S/C37H26F10O2/c1-2-3-4-5-21-6-8-22(9-7-21)23-10-12-24(13-11-23)25-16-30(39)34(31(40)17-25)36(43,44)48-27-14-15-28(29(38)20-27)26-18-32(41)35(33(42)19-26)49-37(45,46)47/h6-20H,2-5H2,1H3. The van der Waals surface area contributed by atoms with E-state index in [0.29, 0.717) is 42.0 Å². The zero-order valence-electron chi connectivity index (χ0n) is 25.6. The SMILES string of the molecule is CCCCCc1ccc(-c2ccc(-c3cc(F)c(C(F)(F)Oc4ccc(-c5cc(F)c(OC(F)(F)F)c(F)c5)c(F)c4)c(F)c3)cc2)cc1. The van der Waals surface area contributed by atoms with Gasteiger partial charge < -0.3 is 9.47 Å². The lowest BCUT2D eigenvalue weighted by molar-refractivity contribution is -0.276. The number of rotatable bonds is 11. The van der Waals surface area contributed by atoms with Gasteiger partial charge >= 0.3 is 12.5 Å². The fraction of sp³-hybridized carbons (Fsp3) is 0.189. The molecule has 0 atom stereocenters. The van der Waals surface area contributed by atoms with E-state index in [-0.39, 0.29) is 5.56 Å². The monoisotopic (exact) mass is 692 g/mol. The number of hydrogen-bond acceptors (Lipinski definition) is 2. The summed E-state index contributed by atoms with van der Waals surface area (Å²) in [5, 5.41) is 0. The van der Waals surface area contributed by atoms with E-state index in [4.69, 9.17) is 0 Å². The highest BCUT2D eigenvalue weighted by Crippen LogP contribution is 2.39. The lowest BCUT2D eigenvalue weighted by atomic mass is 9.97. The molecule has 0 aromatic heterocycles. The summed E-state index contributed by atoms with van der Waals surface area (Å²) in [6.45, 7) is 2.13. The Morgan fingerprint density at radius 1 is 0.510 bits per heavy atom. The van der Waals surface area contributed by atoms with Gasteiger partial charge in [0.15, 0.2) is 11.6 Å². The maximum atomic E-state index is 15.1. The van der Waals surface area contributed by atoms with E-state index in [1.54, 1.807) is 24.3 Å². The lowest BCUT2D eigenvalue weighted by Crippen LogP contribution is -2.25. The molecule has 0 heterocycles. The predicted molar refractivity (Wildman–Crippen MR) is 163 cm³/mol. The number of halogens is 10. The second-order valence-corrected chi connectivity index (χ2v) is 11.1. The fourth-order valence-electron chi connectivity index (χ4n) is 5.24. The highest BCUT2D eigenvalue weighted by Gasteiger charge is 2.41. The average Bonchev–Trinajstić information content (AvgIpc) is 3.02. The molecule has 0 unspecified atom stereocenters. The van der Waals surface area contributed by atoms with E-state index in [1.807, 2.05) is 24.3 Å². The maximum Gasteiger partial charge on any atom is 0.573 e. The average molecular weight is 693 g/mol. The normalized spacial score (nSPS) is 11.9. The second-order valence-electron chi connectivity index (χ2n) is 11.1. The van der Waals surface area contributed by atoms with Crippen molar-refractivity contribution in [3.63, 3.8) is 0 Å². The van der Waals surface area contributed by atoms with Crippen molar-refractivity contribution in [1.29, 1.82) is 0 Å². The van der Waals surface area contributed by atoms with Gasteiger partial charge in [-0.1, -0.05) is 68.3 Å². The number of benzene rings is 5. The summed E-state index contributed by atoms with van der Waals surface area (Å²) in [5.41, 5.74) is 0.320. The molecule has 0 fully saturated rings. The number of hydrogen-bond donors (Lipinski definition) is 0. The van der Waals surface area contributed by atoms with Crippen molar-refractivity contribution in [2.75, 3.05) is 0 Å². The van der Waals surface area contributed by atoms with Gasteiger partial charge in [-0.25, -0.2) is 22.0 Å². The molecular formula is C37H26F10O2. The van der Waals surface area contributed by atoms with Crippen LogP contribution in [0.2, 0.25) is 0 Å². The molecule has 12 heteroatoms. The van der Waals surface area contributed by atoms with Gasteiger partial charge in [-0.2, -0.15) is 8.78 Å². The molecule has 0 radical (unpaired) electrons. The molecule has 256 valence electrons. The Kier molecular flexibility index (Phi) is 10.3. The predicted octanol–water partition coefficient (Wildman–Crippen LogP) is 12.1. The fourth-order valence-corrected chi connectivity index (χ4v) is 5.24. The molecule has 0 N–H and O–H groups in total. The molecule has 0 spiro atoms. The summed E-state index contributed by atoms with van der Waals surface area (Å²) in [6, 6.07) is 18.5. The van der Waals surface area contributed by atoms with Crippen LogP contribution in [0.3, 0.4) is 0 Å². The first-order valence-corrected chi connectivity index (χ1v) is 15.0. The zero-order valence-corrected chi connectivity index (χ0v) is 25.6. The van der Waals surface area contributed by atoms with Crippen LogP contribution in [-0.4, -0.2) is 6.36 Å². The molecule has 0 aliphatic heterocycles. The Morgan fingerprint density at radius 3 is 1.53 bits per heavy atom. The molecule has 0 aliphatic rings. The minimum Gasteiger partial charge on any atom is -0.429 e. The van der Waals surface area contributed by atoms with Gasteiger partial charge in [0.1, 0.15) is 28.8 Å². The Morgan fingerprint density at radius 2 is 1.02 bits per heavy atom. The first-order chi connectivity index (χ1) is 23.1. The first-order valence-electron chi connectivity index (χ1n) is 15.0. The minimum atomic E-state index is -5.41. The highest BCUT2D eigenvalue weighted by molar-refractivity contribution is 5.71. The number of ether oxygens (including phenoxy) is 2. The van der Waals surface area contributed by atoms with Gasteiger partial charge in [0.25, 0.3) is 0 Å². The van der Waals surface area contributed by atoms with Gasteiger partial charge in [-0.05, 0) is 82.6 Å². The van der Waals surface area contributed by atoms with Crippen LogP contribution in [0.1, 0.15) is 37.3 Å². The van der Waals surface area contributed by atoms with E-state index in [1.165, 1.54) is 5.56 Å². The van der Waals surface area contributed by atoms with Crippen molar-refractivity contribution in [2.45, 2.75) is 45.1 Å². The van der Waals surface area contributed by atoms with Gasteiger partial charge in [-0.3, -0.25) is 0 Å². The van der Waals surface area contributed by atoms with E-state index in [2.05, 4.69) is 16.4 Å². The highest BCUT2D eigenvalue weighted by atomic mass is 19.4. The first kappa shape index (κ1) is 35.3. The Labute approximate surface area is 274 Å². The molecule has 0 saturated heterocycles. The summed E-state index contributed by atoms with van der Waals surface area (Å²) < 4.78 is 148. The largest absolute Gasteiger partial charge is 0.573 e. The van der Waals surface area contributed by atoms with Gasteiger partial charge in [0.05, 0.1) is 0 Å². The smallest absolute Gasteiger partial charge is 0.429 e. The molecule has 5 aromatic rings. The Bertz CT molecular complexity index is 1890. The van der Waals surface area contributed by atoms with Gasteiger partial charge in [-0.15, -0.1) is 13.2 Å². The summed E-state index contributed by atoms with van der Waals surface area (Å²) in [5.74, 6) is -11.0. The topological polar surface area (TPSA) is 18.5 Å². The quantitative estimate of drug-likeness (QED) is 0.101. The van der Waals surface area contributed by atoms with Crippen LogP contribution >= 0.6 is 0 Å². The van der Waals surface area contributed by atoms with Crippen molar-refractivity contribution >= 4 is 0 Å². The lowest BCUT2D eigenvalue weighted by Gasteiger charge is -2.20. The third-order valence-corrected chi connectivity index (χ3v) is 7.62. The van der Waals surface area contributed by atoms with Crippen molar-refractivity contribution in [3.05, 3.63) is 131 Å². The summed E-state index contributed by atoms with van der Waals surface area (Å²) in [6.07, 6.45) is -5.72. The Hall–Kier alpha value is -5.00. The summed E-state index contributed by atoms with van der Waals surface area (Å²) >= 11 is 0. The molecule has 2 nitrogen and oxygen atoms in total. The number of aryl methyl sites for hydroxylation is 1. The summed E-state index contributed by atoms with van der Waals surface area (Å²) in [4.78, 5) is 0. The van der Waals surface area contributed by atoms with Gasteiger partial charge in [0.2, 0.25) is 5.75 Å². The zero-order chi connectivity index (χ0) is 35.5. The van der Waals surface area contributed by atoms with E-state index in [9.17, 15) is 26.3 Å². The van der Waals surface area contributed by atoms with Crippen LogP contribution in [0.4, 0.5) is 43.9 Å². The van der Waals surface area contributed by atoms with E-state index in [0.717, 1.165) is 42.9 Å². The van der Waals surface area contributed by atoms with Crippen molar-refractivity contribution < 1.29 is 53.4 Å². The molecule has 0 bridgehead atoms. The Balaban J connectivity index is 1.32. The second kappa shape index (κ2) is 14.2. The molecule has 5 aromatic carbocycles. The van der Waals surface area contributed by atoms with Crippen LogP contribution in [0.25, 0.3) is 33.4 Å². The van der Waals surface area contributed by atoms with Crippen molar-refractivity contribution in [2.24, 2.45) is 0 Å². The van der Waals surface area contributed by atoms with Crippen LogP contribution in [0.15, 0.2) is 91.0 Å². The summed E-state index contributed by atoms with van der Waals surface area (Å²) in [7, 11) is 0. The maximum absolute atomic E-state index is 15.1. The van der Waals surface area contributed by atoms with Crippen molar-refractivity contribution in [3.8, 4) is 44.9 Å². The van der Waals surface area contributed by atoms with Crippen LogP contribution in [0.5, 0.6) is 11.5 Å². The molecule has 0 amide bonds. The third-order valence-electron chi connectivity index (χ3n) is 7.62.